The number of carbonyl (C=O) groups excluding carboxylic acids is 1. The number of hydrogen-bond donors (Lipinski definition) is 2. The second-order valence-corrected chi connectivity index (χ2v) is 8.98. The van der Waals surface area contributed by atoms with Crippen molar-refractivity contribution in [3.05, 3.63) is 23.9 Å². The molecule has 220 valence electrons. The van der Waals surface area contributed by atoms with Gasteiger partial charge >= 0.3 is 24.3 Å². The van der Waals surface area contributed by atoms with Gasteiger partial charge in [0, 0.05) is 63.1 Å². The summed E-state index contributed by atoms with van der Waals surface area (Å²) >= 11 is 0. The molecule has 0 aromatic carbocycles. The number of aliphatic carboxylic acids is 2. The Balaban J connectivity index is 0.000000317. The van der Waals surface area contributed by atoms with Crippen LogP contribution in [0.1, 0.15) is 31.2 Å². The lowest BCUT2D eigenvalue weighted by atomic mass is 9.99. The summed E-state index contributed by atoms with van der Waals surface area (Å²) in [5.74, 6) is -3.90. The minimum atomic E-state index is -5.08. The summed E-state index contributed by atoms with van der Waals surface area (Å²) in [5, 5.41) is 14.2. The van der Waals surface area contributed by atoms with Gasteiger partial charge in [-0.2, -0.15) is 26.3 Å². The van der Waals surface area contributed by atoms with E-state index in [1.54, 1.807) is 13.3 Å². The molecule has 39 heavy (non-hydrogen) atoms. The van der Waals surface area contributed by atoms with Gasteiger partial charge in [0.25, 0.3) is 0 Å². The summed E-state index contributed by atoms with van der Waals surface area (Å²) in [5.41, 5.74) is 1.10. The van der Waals surface area contributed by atoms with E-state index in [0.717, 1.165) is 57.7 Å². The molecule has 0 spiro atoms. The Hall–Kier alpha value is -3.14. The number of nitrogens with zero attached hydrogens (tertiary/aromatic N) is 3. The molecule has 0 aliphatic carbocycles. The molecule has 0 bridgehead atoms. The van der Waals surface area contributed by atoms with Crippen molar-refractivity contribution >= 4 is 17.8 Å². The van der Waals surface area contributed by atoms with Gasteiger partial charge in [0.1, 0.15) is 0 Å². The number of likely N-dealkylation sites (tertiary alicyclic amines) is 2. The summed E-state index contributed by atoms with van der Waals surface area (Å²) in [7, 11) is 1.66. The van der Waals surface area contributed by atoms with Gasteiger partial charge in [0.15, 0.2) is 0 Å². The zero-order valence-corrected chi connectivity index (χ0v) is 20.9. The highest BCUT2D eigenvalue weighted by atomic mass is 19.4. The first-order valence-electron chi connectivity index (χ1n) is 11.8. The second-order valence-electron chi connectivity index (χ2n) is 8.98. The fourth-order valence-corrected chi connectivity index (χ4v) is 4.60. The molecule has 3 aliphatic heterocycles. The lowest BCUT2D eigenvalue weighted by Gasteiger charge is -2.31. The van der Waals surface area contributed by atoms with Gasteiger partial charge in [-0.05, 0) is 31.2 Å². The maximum atomic E-state index is 12.6. The van der Waals surface area contributed by atoms with Crippen LogP contribution >= 0.6 is 0 Å². The average molecular weight is 573 g/mol. The smallest absolute Gasteiger partial charge is 0.481 e. The number of aromatic nitrogens is 1. The third-order valence-electron chi connectivity index (χ3n) is 6.43. The lowest BCUT2D eigenvalue weighted by Crippen LogP contribution is -2.40. The number of carboxylic acids is 2. The van der Waals surface area contributed by atoms with Gasteiger partial charge in [-0.25, -0.2) is 14.6 Å². The molecule has 10 nitrogen and oxygen atoms in total. The van der Waals surface area contributed by atoms with Gasteiger partial charge in [-0.15, -0.1) is 0 Å². The van der Waals surface area contributed by atoms with Crippen LogP contribution in [-0.2, 0) is 25.7 Å². The number of methoxy groups -OCH3 is 1. The van der Waals surface area contributed by atoms with Crippen LogP contribution in [0.25, 0.3) is 0 Å². The Morgan fingerprint density at radius 2 is 1.62 bits per heavy atom. The SMILES string of the molecule is COc1ncccc1CN1CC[C@@H]2[C@@H]1CC(=O)N2CC1CCOCC1.O=C(O)C(F)(F)F.O=C(O)C(F)(F)F. The number of pyridine rings is 1. The van der Waals surface area contributed by atoms with Crippen molar-refractivity contribution in [1.29, 1.82) is 0 Å². The van der Waals surface area contributed by atoms with Crippen LogP contribution < -0.4 is 4.74 Å². The number of rotatable bonds is 5. The molecule has 4 rings (SSSR count). The Morgan fingerprint density at radius 3 is 2.13 bits per heavy atom. The zero-order chi connectivity index (χ0) is 29.4. The molecule has 1 amide bonds. The van der Waals surface area contributed by atoms with Gasteiger partial charge in [0.2, 0.25) is 11.8 Å². The molecular formula is C23H29F6N3O7. The van der Waals surface area contributed by atoms with Gasteiger partial charge < -0.3 is 24.6 Å². The number of fused-ring (bicyclic) bond motifs is 1. The first kappa shape index (κ1) is 32.1. The molecule has 3 saturated heterocycles. The van der Waals surface area contributed by atoms with E-state index in [-0.39, 0.29) is 0 Å². The quantitative estimate of drug-likeness (QED) is 0.511. The summed E-state index contributed by atoms with van der Waals surface area (Å²) in [6.45, 7) is 4.43. The molecular weight excluding hydrogens is 544 g/mol. The van der Waals surface area contributed by atoms with Crippen molar-refractivity contribution < 1.29 is 60.4 Å². The van der Waals surface area contributed by atoms with Crippen LogP contribution in [-0.4, -0.2) is 101 Å². The molecule has 2 atom stereocenters. The Kier molecular flexibility index (Phi) is 11.3. The third kappa shape index (κ3) is 9.53. The number of ether oxygens (including phenoxy) is 2. The van der Waals surface area contributed by atoms with Crippen molar-refractivity contribution in [2.45, 2.75) is 56.7 Å². The predicted octanol–water partition coefficient (Wildman–Crippen LogP) is 2.96. The minimum absolute atomic E-state index is 0.323. The fraction of sp³-hybridized carbons (Fsp3) is 0.652. The zero-order valence-electron chi connectivity index (χ0n) is 20.9. The number of carboxylic acid groups (broad SMARTS) is 2. The highest BCUT2D eigenvalue weighted by molar-refractivity contribution is 5.80. The standard InChI is InChI=1S/C19H27N3O3.2C2HF3O2/c1-24-19-15(3-2-7-20-19)13-21-8-4-16-17(21)11-18(23)22(16)12-14-5-9-25-10-6-14;2*3-2(4,5)1(6)7/h2-3,7,14,16-17H,4-6,8-13H2,1H3;2*(H,6,7)/t16-,17+;;/m1../s1. The van der Waals surface area contributed by atoms with Gasteiger partial charge in [0.05, 0.1) is 7.11 Å². The van der Waals surface area contributed by atoms with Crippen LogP contribution in [0.3, 0.4) is 0 Å². The summed E-state index contributed by atoms with van der Waals surface area (Å²) in [6.07, 6.45) is -4.53. The normalized spacial score (nSPS) is 21.8. The molecule has 1 aromatic heterocycles. The number of alkyl halides is 6. The fourth-order valence-electron chi connectivity index (χ4n) is 4.60. The van der Waals surface area contributed by atoms with Crippen molar-refractivity contribution in [3.63, 3.8) is 0 Å². The number of carbonyl (C=O) groups is 3. The minimum Gasteiger partial charge on any atom is -0.481 e. The van der Waals surface area contributed by atoms with Crippen molar-refractivity contribution in [1.82, 2.24) is 14.8 Å². The van der Waals surface area contributed by atoms with Crippen LogP contribution in [0, 0.1) is 5.92 Å². The van der Waals surface area contributed by atoms with Crippen LogP contribution in [0.5, 0.6) is 5.88 Å². The number of hydrogen-bond acceptors (Lipinski definition) is 7. The van der Waals surface area contributed by atoms with Crippen LogP contribution in [0.2, 0.25) is 0 Å². The van der Waals surface area contributed by atoms with E-state index in [9.17, 15) is 31.1 Å². The number of halogens is 6. The molecule has 3 aliphatic rings. The van der Waals surface area contributed by atoms with Crippen molar-refractivity contribution in [2.24, 2.45) is 5.92 Å². The molecule has 0 saturated carbocycles. The van der Waals surface area contributed by atoms with E-state index >= 15 is 0 Å². The lowest BCUT2D eigenvalue weighted by molar-refractivity contribution is -0.193. The number of amides is 1. The molecule has 0 unspecified atom stereocenters. The molecule has 0 radical (unpaired) electrons. The van der Waals surface area contributed by atoms with E-state index in [1.807, 2.05) is 6.07 Å². The average Bonchev–Trinajstić information content (AvgIpc) is 3.38. The Bertz CT molecular complexity index is 962. The first-order chi connectivity index (χ1) is 18.1. The van der Waals surface area contributed by atoms with E-state index in [4.69, 9.17) is 29.3 Å². The third-order valence-corrected chi connectivity index (χ3v) is 6.43. The van der Waals surface area contributed by atoms with E-state index in [1.165, 1.54) is 0 Å². The summed E-state index contributed by atoms with van der Waals surface area (Å²) < 4.78 is 74.3. The highest BCUT2D eigenvalue weighted by Gasteiger charge is 2.47. The largest absolute Gasteiger partial charge is 0.490 e. The first-order valence-corrected chi connectivity index (χ1v) is 11.8. The van der Waals surface area contributed by atoms with E-state index < -0.39 is 24.3 Å². The van der Waals surface area contributed by atoms with Crippen molar-refractivity contribution in [2.75, 3.05) is 33.4 Å². The molecule has 1 aromatic rings. The second kappa shape index (κ2) is 13.8. The van der Waals surface area contributed by atoms with Gasteiger partial charge in [-0.1, -0.05) is 6.07 Å². The molecule has 16 heteroatoms. The van der Waals surface area contributed by atoms with E-state index in [0.29, 0.717) is 36.2 Å². The highest BCUT2D eigenvalue weighted by Crippen LogP contribution is 2.35. The topological polar surface area (TPSA) is 130 Å². The summed E-state index contributed by atoms with van der Waals surface area (Å²) in [6, 6.07) is 4.72. The van der Waals surface area contributed by atoms with Gasteiger partial charge in [-0.3, -0.25) is 9.69 Å². The van der Waals surface area contributed by atoms with Crippen molar-refractivity contribution in [3.8, 4) is 5.88 Å². The molecule has 2 N–H and O–H groups in total. The summed E-state index contributed by atoms with van der Waals surface area (Å²) in [4.78, 5) is 39.3. The maximum absolute atomic E-state index is 12.6. The molecule has 4 heterocycles. The Morgan fingerprint density at radius 1 is 1.05 bits per heavy atom. The van der Waals surface area contributed by atoms with E-state index in [2.05, 4.69) is 20.9 Å². The van der Waals surface area contributed by atoms with Crippen LogP contribution in [0.15, 0.2) is 18.3 Å². The predicted molar refractivity (Wildman–Crippen MR) is 121 cm³/mol. The van der Waals surface area contributed by atoms with Crippen LogP contribution in [0.4, 0.5) is 26.3 Å². The monoisotopic (exact) mass is 573 g/mol. The Labute approximate surface area is 219 Å². The maximum Gasteiger partial charge on any atom is 0.490 e. The molecule has 3 fully saturated rings.